The van der Waals surface area contributed by atoms with E-state index in [1.807, 2.05) is 6.07 Å². The van der Waals surface area contributed by atoms with Crippen LogP contribution in [0.3, 0.4) is 0 Å². The number of fused-ring (bicyclic) bond motifs is 2. The summed E-state index contributed by atoms with van der Waals surface area (Å²) in [6.07, 6.45) is 5.07. The Labute approximate surface area is 177 Å². The third-order valence-corrected chi connectivity index (χ3v) is 6.59. The number of hydrogen-bond acceptors (Lipinski definition) is 9. The Bertz CT molecular complexity index is 748. The number of hydrogen-bond donors (Lipinski definition) is 1. The van der Waals surface area contributed by atoms with Gasteiger partial charge in [0.1, 0.15) is 12.4 Å². The van der Waals surface area contributed by atoms with Crippen molar-refractivity contribution in [2.45, 2.75) is 25.7 Å². The van der Waals surface area contributed by atoms with Gasteiger partial charge >= 0.3 is 6.01 Å². The highest BCUT2D eigenvalue weighted by Gasteiger charge is 2.36. The van der Waals surface area contributed by atoms with Crippen LogP contribution in [0.15, 0.2) is 11.2 Å². The molecule has 3 heterocycles. The molecule has 2 unspecified atom stereocenters. The molecule has 164 valence electrons. The Morgan fingerprint density at radius 3 is 2.60 bits per heavy atom. The standard InChI is InChI=1S/C21H32N6O3/c1-2-17-13-16(1)14-18(17)24-25-19-15-20(27-6-10-29-11-7-27)23-21(22-19)30-12-5-26-3-8-28-9-4-26/h15-17H,1-14H2,(H,22,23,25)/b24-18-. The summed E-state index contributed by atoms with van der Waals surface area (Å²) in [4.78, 5) is 13.8. The van der Waals surface area contributed by atoms with Crippen LogP contribution in [-0.4, -0.2) is 86.3 Å². The van der Waals surface area contributed by atoms with Crippen LogP contribution in [0.2, 0.25) is 0 Å². The topological polar surface area (TPSA) is 84.3 Å². The number of morpholine rings is 2. The summed E-state index contributed by atoms with van der Waals surface area (Å²) in [6, 6.07) is 2.38. The van der Waals surface area contributed by atoms with Crippen molar-refractivity contribution in [2.24, 2.45) is 16.9 Å². The molecule has 2 atom stereocenters. The Hall–Kier alpha value is -1.97. The molecule has 0 spiro atoms. The lowest BCUT2D eigenvalue weighted by atomic mass is 9.99. The third-order valence-electron chi connectivity index (χ3n) is 6.59. The van der Waals surface area contributed by atoms with Crippen molar-refractivity contribution in [2.75, 3.05) is 76.1 Å². The molecule has 9 nitrogen and oxygen atoms in total. The van der Waals surface area contributed by atoms with Gasteiger partial charge < -0.3 is 19.1 Å². The number of ether oxygens (including phenoxy) is 3. The summed E-state index contributed by atoms with van der Waals surface area (Å²) in [5.41, 5.74) is 4.50. The minimum absolute atomic E-state index is 0.405. The van der Waals surface area contributed by atoms with Crippen molar-refractivity contribution in [3.63, 3.8) is 0 Å². The first-order valence-electron chi connectivity index (χ1n) is 11.3. The summed E-state index contributed by atoms with van der Waals surface area (Å²) >= 11 is 0. The van der Waals surface area contributed by atoms with Gasteiger partial charge in [-0.25, -0.2) is 0 Å². The van der Waals surface area contributed by atoms with Crippen LogP contribution in [0.5, 0.6) is 6.01 Å². The van der Waals surface area contributed by atoms with E-state index in [2.05, 4.69) is 25.2 Å². The first-order valence-corrected chi connectivity index (χ1v) is 11.3. The highest BCUT2D eigenvalue weighted by atomic mass is 16.5. The summed E-state index contributed by atoms with van der Waals surface area (Å²) in [5.74, 6) is 3.06. The fraction of sp³-hybridized carbons (Fsp3) is 0.762. The van der Waals surface area contributed by atoms with Crippen LogP contribution < -0.4 is 15.1 Å². The van der Waals surface area contributed by atoms with E-state index in [9.17, 15) is 0 Å². The van der Waals surface area contributed by atoms with Crippen LogP contribution in [-0.2, 0) is 9.47 Å². The van der Waals surface area contributed by atoms with Crippen molar-refractivity contribution in [3.05, 3.63) is 6.07 Å². The second-order valence-corrected chi connectivity index (χ2v) is 8.59. The van der Waals surface area contributed by atoms with E-state index in [-0.39, 0.29) is 0 Å². The highest BCUT2D eigenvalue weighted by Crippen LogP contribution is 2.42. The van der Waals surface area contributed by atoms with Gasteiger partial charge in [0.25, 0.3) is 0 Å². The Morgan fingerprint density at radius 1 is 1.07 bits per heavy atom. The molecule has 4 aliphatic rings. The third kappa shape index (κ3) is 4.84. The zero-order valence-corrected chi connectivity index (χ0v) is 17.6. The lowest BCUT2D eigenvalue weighted by Crippen LogP contribution is -2.39. The van der Waals surface area contributed by atoms with Gasteiger partial charge in [0.05, 0.1) is 26.4 Å². The maximum Gasteiger partial charge on any atom is 0.320 e. The summed E-state index contributed by atoms with van der Waals surface area (Å²) in [5, 5.41) is 4.71. The predicted molar refractivity (Wildman–Crippen MR) is 114 cm³/mol. The largest absolute Gasteiger partial charge is 0.462 e. The first-order chi connectivity index (χ1) is 14.8. The maximum atomic E-state index is 5.95. The molecule has 0 radical (unpaired) electrons. The van der Waals surface area contributed by atoms with E-state index >= 15 is 0 Å². The van der Waals surface area contributed by atoms with Crippen LogP contribution in [0.4, 0.5) is 11.6 Å². The van der Waals surface area contributed by atoms with E-state index in [0.29, 0.717) is 37.6 Å². The molecule has 4 fully saturated rings. The van der Waals surface area contributed by atoms with Gasteiger partial charge in [-0.05, 0) is 37.5 Å². The Balaban J connectivity index is 1.26. The number of nitrogens with zero attached hydrogens (tertiary/aromatic N) is 5. The lowest BCUT2D eigenvalue weighted by molar-refractivity contribution is 0.0317. The van der Waals surface area contributed by atoms with Crippen molar-refractivity contribution in [3.8, 4) is 6.01 Å². The molecule has 1 N–H and O–H groups in total. The maximum absolute atomic E-state index is 5.95. The molecule has 2 saturated heterocycles. The number of anilines is 2. The number of hydrazone groups is 1. The van der Waals surface area contributed by atoms with E-state index in [4.69, 9.17) is 19.3 Å². The average Bonchev–Trinajstić information content (AvgIpc) is 3.43. The monoisotopic (exact) mass is 416 g/mol. The smallest absolute Gasteiger partial charge is 0.320 e. The van der Waals surface area contributed by atoms with Crippen LogP contribution in [0.25, 0.3) is 0 Å². The molecule has 30 heavy (non-hydrogen) atoms. The quantitative estimate of drug-likeness (QED) is 0.671. The predicted octanol–water partition coefficient (Wildman–Crippen LogP) is 1.61. The van der Waals surface area contributed by atoms with E-state index in [1.54, 1.807) is 0 Å². The molecule has 2 bridgehead atoms. The zero-order chi connectivity index (χ0) is 20.2. The molecular formula is C21H32N6O3. The number of aromatic nitrogens is 2. The van der Waals surface area contributed by atoms with Crippen molar-refractivity contribution < 1.29 is 14.2 Å². The summed E-state index contributed by atoms with van der Waals surface area (Å²) in [6.45, 7) is 7.96. The van der Waals surface area contributed by atoms with Gasteiger partial charge in [0, 0.05) is 44.5 Å². The normalized spacial score (nSPS) is 28.3. The van der Waals surface area contributed by atoms with E-state index < -0.39 is 0 Å². The van der Waals surface area contributed by atoms with E-state index in [1.165, 1.54) is 25.0 Å². The van der Waals surface area contributed by atoms with E-state index in [0.717, 1.165) is 64.1 Å². The van der Waals surface area contributed by atoms with Gasteiger partial charge in [0.2, 0.25) is 0 Å². The average molecular weight is 417 g/mol. The second kappa shape index (κ2) is 9.45. The summed E-state index contributed by atoms with van der Waals surface area (Å²) in [7, 11) is 0. The van der Waals surface area contributed by atoms with Crippen LogP contribution in [0, 0.1) is 11.8 Å². The fourth-order valence-electron chi connectivity index (χ4n) is 4.87. The van der Waals surface area contributed by atoms with Crippen LogP contribution >= 0.6 is 0 Å². The number of nitrogens with one attached hydrogen (secondary N) is 1. The lowest BCUT2D eigenvalue weighted by Gasteiger charge is -2.28. The SMILES string of the molecule is c1c(N/N=C2/CC3CCC2C3)nc(OCCN2CCOCC2)nc1N1CCOCC1. The fourth-order valence-corrected chi connectivity index (χ4v) is 4.87. The molecule has 1 aromatic heterocycles. The molecular weight excluding hydrogens is 384 g/mol. The molecule has 0 aromatic carbocycles. The molecule has 2 aliphatic carbocycles. The first kappa shape index (κ1) is 20.0. The molecule has 5 rings (SSSR count). The van der Waals surface area contributed by atoms with Gasteiger partial charge in [-0.3, -0.25) is 10.3 Å². The minimum Gasteiger partial charge on any atom is -0.462 e. The zero-order valence-electron chi connectivity index (χ0n) is 17.6. The van der Waals surface area contributed by atoms with Crippen molar-refractivity contribution in [1.29, 1.82) is 0 Å². The molecule has 2 aliphatic heterocycles. The Morgan fingerprint density at radius 2 is 1.87 bits per heavy atom. The van der Waals surface area contributed by atoms with Crippen molar-refractivity contribution >= 4 is 17.3 Å². The molecule has 1 aromatic rings. The van der Waals surface area contributed by atoms with Crippen molar-refractivity contribution in [1.82, 2.24) is 14.9 Å². The van der Waals surface area contributed by atoms with Gasteiger partial charge in [-0.1, -0.05) is 0 Å². The molecule has 0 amide bonds. The Kier molecular flexibility index (Phi) is 6.29. The molecule has 2 saturated carbocycles. The number of rotatable bonds is 7. The minimum atomic E-state index is 0.405. The molecule has 9 heteroatoms. The summed E-state index contributed by atoms with van der Waals surface area (Å²) < 4.78 is 16.8. The van der Waals surface area contributed by atoms with Crippen LogP contribution in [0.1, 0.15) is 25.7 Å². The second-order valence-electron chi connectivity index (χ2n) is 8.59. The van der Waals surface area contributed by atoms with Gasteiger partial charge in [-0.15, -0.1) is 0 Å². The van der Waals surface area contributed by atoms with Gasteiger partial charge in [0.15, 0.2) is 5.82 Å². The van der Waals surface area contributed by atoms with Gasteiger partial charge in [-0.2, -0.15) is 15.1 Å². The highest BCUT2D eigenvalue weighted by molar-refractivity contribution is 5.90.